The van der Waals surface area contributed by atoms with Crippen LogP contribution in [0.2, 0.25) is 0 Å². The summed E-state index contributed by atoms with van der Waals surface area (Å²) in [4.78, 5) is 56.1. The topological polar surface area (TPSA) is 256 Å². The SMILES string of the molecule is CCCCCCCCn1cnc2c(NC)nc3ccccc3c21.CCCCCCn1cnc2c(NC)nc3ccccc3c21.CCCCCCn1cnc2c(NC)nc3ccccc3c21.CNc1nc2ccccc2c2c1nc(C)n2CC1CCCCC1.CNc1nc2ccccc2c2c1nc(C)n2Cc1ccccc1.CNc1nc2ccccc2c2c1ncn2CC1CCCCC1. The first-order valence-electron chi connectivity index (χ1n) is 49.0. The number of hydrogen-bond acceptors (Lipinski definition) is 18. The summed E-state index contributed by atoms with van der Waals surface area (Å²) in [6.45, 7) is 17.0. The van der Waals surface area contributed by atoms with E-state index in [9.17, 15) is 0 Å². The molecule has 24 heteroatoms. The van der Waals surface area contributed by atoms with Crippen molar-refractivity contribution in [2.24, 2.45) is 11.8 Å². The zero-order chi connectivity index (χ0) is 91.9. The van der Waals surface area contributed by atoms with Crippen LogP contribution in [0.4, 0.5) is 34.9 Å². The lowest BCUT2D eigenvalue weighted by molar-refractivity contribution is 0.320. The summed E-state index contributed by atoms with van der Waals surface area (Å²) in [6, 6.07) is 60.4. The first-order chi connectivity index (χ1) is 65.5. The maximum Gasteiger partial charge on any atom is 0.154 e. The van der Waals surface area contributed by atoms with E-state index in [4.69, 9.17) is 24.9 Å². The molecule has 2 aliphatic rings. The molecule has 2 fully saturated rings. The van der Waals surface area contributed by atoms with Gasteiger partial charge < -0.3 is 59.3 Å². The molecular weight excluding hydrogens is 1650 g/mol. The minimum Gasteiger partial charge on any atom is -0.371 e. The smallest absolute Gasteiger partial charge is 0.154 e. The van der Waals surface area contributed by atoms with Crippen molar-refractivity contribution in [1.82, 2.24) is 87.2 Å². The monoisotopic (exact) mass is 1780 g/mol. The van der Waals surface area contributed by atoms with Crippen LogP contribution >= 0.6 is 0 Å². The molecule has 12 aromatic heterocycles. The average molecular weight is 1780 g/mol. The molecule has 0 spiro atoms. The number of imidazole rings is 6. The van der Waals surface area contributed by atoms with Crippen molar-refractivity contribution in [3.05, 3.63) is 218 Å². The number of hydrogen-bond donors (Lipinski definition) is 6. The van der Waals surface area contributed by atoms with Crippen LogP contribution in [0.5, 0.6) is 0 Å². The summed E-state index contributed by atoms with van der Waals surface area (Å²) >= 11 is 0. The number of benzene rings is 7. The molecule has 2 aliphatic carbocycles. The Morgan fingerprint density at radius 2 is 0.526 bits per heavy atom. The third-order valence-corrected chi connectivity index (χ3v) is 26.6. The fourth-order valence-corrected chi connectivity index (χ4v) is 19.7. The van der Waals surface area contributed by atoms with E-state index in [0.29, 0.717) is 0 Å². The van der Waals surface area contributed by atoms with Crippen LogP contribution in [0.1, 0.15) is 192 Å². The highest BCUT2D eigenvalue weighted by atomic mass is 15.2. The van der Waals surface area contributed by atoms with E-state index < -0.39 is 0 Å². The Morgan fingerprint density at radius 3 is 0.865 bits per heavy atom. The normalized spacial score (nSPS) is 13.0. The van der Waals surface area contributed by atoms with Crippen LogP contribution in [-0.4, -0.2) is 129 Å². The summed E-state index contributed by atoms with van der Waals surface area (Å²) in [5.41, 5.74) is 20.4. The van der Waals surface area contributed by atoms with Crippen molar-refractivity contribution in [2.45, 2.75) is 228 Å². The number of aryl methyl sites for hydroxylation is 5. The highest BCUT2D eigenvalue weighted by molar-refractivity contribution is 6.11. The van der Waals surface area contributed by atoms with Gasteiger partial charge in [-0.1, -0.05) is 269 Å². The van der Waals surface area contributed by atoms with Gasteiger partial charge in [0.05, 0.1) is 91.5 Å². The second-order valence-electron chi connectivity index (χ2n) is 35.7. The molecule has 7 aromatic carbocycles. The molecular formula is C109H134N24. The molecule has 21 rings (SSSR count). The van der Waals surface area contributed by atoms with Gasteiger partial charge >= 0.3 is 0 Å². The minimum atomic E-state index is 0.782. The minimum absolute atomic E-state index is 0.782. The van der Waals surface area contributed by atoms with Crippen LogP contribution < -0.4 is 31.9 Å². The molecule has 19 aromatic rings. The van der Waals surface area contributed by atoms with E-state index in [1.165, 1.54) is 214 Å². The molecule has 0 atom stereocenters. The van der Waals surface area contributed by atoms with E-state index in [-0.39, 0.29) is 0 Å². The lowest BCUT2D eigenvalue weighted by Gasteiger charge is -2.23. The van der Waals surface area contributed by atoms with Crippen molar-refractivity contribution >= 4 is 167 Å². The Balaban J connectivity index is 0.000000116. The molecule has 0 unspecified atom stereocenters. The fraction of sp³-hybridized carbons (Fsp3) is 0.394. The Hall–Kier alpha value is -13.4. The lowest BCUT2D eigenvalue weighted by Crippen LogP contribution is -2.15. The number of aromatic nitrogens is 18. The van der Waals surface area contributed by atoms with Crippen LogP contribution in [0, 0.1) is 25.7 Å². The van der Waals surface area contributed by atoms with Crippen molar-refractivity contribution in [1.29, 1.82) is 0 Å². The van der Waals surface area contributed by atoms with Gasteiger partial charge in [0.25, 0.3) is 0 Å². The zero-order valence-electron chi connectivity index (χ0n) is 80.0. The number of anilines is 6. The van der Waals surface area contributed by atoms with E-state index in [1.807, 2.05) is 110 Å². The second-order valence-corrected chi connectivity index (χ2v) is 35.7. The van der Waals surface area contributed by atoms with Crippen LogP contribution in [0.25, 0.3) is 132 Å². The number of nitrogens with zero attached hydrogens (tertiary/aromatic N) is 18. The summed E-state index contributed by atoms with van der Waals surface area (Å²) in [5, 5.41) is 26.2. The van der Waals surface area contributed by atoms with E-state index in [2.05, 4.69) is 262 Å². The maximum atomic E-state index is 4.84. The van der Waals surface area contributed by atoms with E-state index in [0.717, 1.165) is 175 Å². The van der Waals surface area contributed by atoms with Crippen LogP contribution in [-0.2, 0) is 39.3 Å². The Bertz CT molecular complexity index is 6930. The molecule has 0 aliphatic heterocycles. The van der Waals surface area contributed by atoms with Gasteiger partial charge in [-0.05, 0) is 113 Å². The van der Waals surface area contributed by atoms with Gasteiger partial charge in [-0.25, -0.2) is 59.8 Å². The number of nitrogens with one attached hydrogen (secondary N) is 6. The number of fused-ring (bicyclic) bond motifs is 18. The number of para-hydroxylation sites is 6. The van der Waals surface area contributed by atoms with Gasteiger partial charge in [0.1, 0.15) is 44.7 Å². The third kappa shape index (κ3) is 21.1. The van der Waals surface area contributed by atoms with Crippen molar-refractivity contribution < 1.29 is 0 Å². The molecule has 0 saturated heterocycles. The molecule has 24 nitrogen and oxygen atoms in total. The Morgan fingerprint density at radius 1 is 0.263 bits per heavy atom. The van der Waals surface area contributed by atoms with Crippen molar-refractivity contribution in [3.8, 4) is 0 Å². The van der Waals surface area contributed by atoms with Gasteiger partial charge in [-0.2, -0.15) is 0 Å². The van der Waals surface area contributed by atoms with Crippen molar-refractivity contribution in [3.63, 3.8) is 0 Å². The van der Waals surface area contributed by atoms with Crippen LogP contribution in [0.15, 0.2) is 201 Å². The molecule has 690 valence electrons. The molecule has 12 heterocycles. The van der Waals surface area contributed by atoms with E-state index >= 15 is 0 Å². The predicted octanol–water partition coefficient (Wildman–Crippen LogP) is 26.1. The predicted molar refractivity (Wildman–Crippen MR) is 557 cm³/mol. The molecule has 0 bridgehead atoms. The quantitative estimate of drug-likeness (QED) is 0.0238. The molecule has 0 amide bonds. The molecule has 6 N–H and O–H groups in total. The number of unbranched alkanes of at least 4 members (excludes halogenated alkanes) is 11. The summed E-state index contributed by atoms with van der Waals surface area (Å²) in [6.07, 6.45) is 39.5. The van der Waals surface area contributed by atoms with Gasteiger partial charge in [0, 0.05) is 114 Å². The second kappa shape index (κ2) is 45.2. The van der Waals surface area contributed by atoms with Crippen molar-refractivity contribution in [2.75, 3.05) is 74.2 Å². The summed E-state index contributed by atoms with van der Waals surface area (Å²) in [5.74, 6) is 8.82. The van der Waals surface area contributed by atoms with Gasteiger partial charge in [0.15, 0.2) is 34.9 Å². The zero-order valence-corrected chi connectivity index (χ0v) is 80.0. The highest BCUT2D eigenvalue weighted by Crippen LogP contribution is 2.39. The first-order valence-corrected chi connectivity index (χ1v) is 49.0. The molecule has 133 heavy (non-hydrogen) atoms. The first kappa shape index (κ1) is 92.9. The van der Waals surface area contributed by atoms with Gasteiger partial charge in [-0.3, -0.25) is 0 Å². The fourth-order valence-electron chi connectivity index (χ4n) is 19.7. The Kier molecular flexibility index (Phi) is 31.5. The molecule has 2 saturated carbocycles. The average Bonchev–Trinajstić information content (AvgIpc) is 1.61. The largest absolute Gasteiger partial charge is 0.371 e. The standard InChI is InChI=1S/C19H24N4.C19H18N4.C19H26N4.C18H22N4.2C17H22N4/c2*1-13-21-17-18(23(13)12-14-8-4-3-5-9-14)15-10-6-7-11-16(15)22-19(17)20-2;1-3-4-5-6-7-10-13-23-14-21-17-18(23)15-11-8-9-12-16(15)22-19(17)20-2;1-19-18-16-17(14-9-5-6-10-15(14)21-18)22(12-20-16)11-13-7-3-2-4-8-13;2*1-3-4-5-8-11-21-12-19-15-16(21)13-9-6-7-10-14(13)20-17(15)18-2/h6-7,10-11,14H,3-5,8-9,12H2,1-2H3,(H,20,22);3-11H,12H2,1-2H3,(H,20,22);8-9,11-12,14H,3-7,10,13H2,1-2H3,(H,20,22);5-6,9-10,12-13H,2-4,7-8,11H2,1H3,(H,19,21);2*6-7,9-10,12H,3-5,8,11H2,1-2H3,(H,18,20). The maximum absolute atomic E-state index is 4.84. The highest BCUT2D eigenvalue weighted by Gasteiger charge is 2.25. The lowest BCUT2D eigenvalue weighted by atomic mass is 9.89. The van der Waals surface area contributed by atoms with E-state index in [1.54, 1.807) is 0 Å². The third-order valence-electron chi connectivity index (χ3n) is 26.6. The van der Waals surface area contributed by atoms with Gasteiger partial charge in [-0.15, -0.1) is 0 Å². The Labute approximate surface area is 781 Å². The number of rotatable bonds is 29. The number of pyridine rings is 6. The van der Waals surface area contributed by atoms with Crippen LogP contribution in [0.3, 0.4) is 0 Å². The van der Waals surface area contributed by atoms with Gasteiger partial charge in [0.2, 0.25) is 0 Å². The molecule has 0 radical (unpaired) electrons. The summed E-state index contributed by atoms with van der Waals surface area (Å²) in [7, 11) is 11.4. The summed E-state index contributed by atoms with van der Waals surface area (Å²) < 4.78 is 13.9.